The SMILES string of the molecule is CCOc1ccc(-n2nnnc2CN2CCN(C(=O)Cc3ccc([N+](=O)[O-])cc3)CC2)cc1. The first-order valence-corrected chi connectivity index (χ1v) is 10.8. The highest BCUT2D eigenvalue weighted by atomic mass is 16.6. The van der Waals surface area contributed by atoms with Gasteiger partial charge in [0.2, 0.25) is 5.91 Å². The van der Waals surface area contributed by atoms with Gasteiger partial charge in [-0.05, 0) is 47.2 Å². The maximum Gasteiger partial charge on any atom is 0.269 e. The smallest absolute Gasteiger partial charge is 0.269 e. The molecule has 3 aromatic rings. The molecular formula is C22H25N7O4. The molecule has 0 atom stereocenters. The second kappa shape index (κ2) is 10.2. The summed E-state index contributed by atoms with van der Waals surface area (Å²) < 4.78 is 7.19. The fourth-order valence-corrected chi connectivity index (χ4v) is 3.73. The summed E-state index contributed by atoms with van der Waals surface area (Å²) in [5, 5.41) is 22.9. The van der Waals surface area contributed by atoms with Crippen LogP contribution in [0.4, 0.5) is 5.69 Å². The molecule has 0 N–H and O–H groups in total. The molecule has 0 saturated carbocycles. The van der Waals surface area contributed by atoms with Crippen LogP contribution in [0.2, 0.25) is 0 Å². The molecule has 33 heavy (non-hydrogen) atoms. The molecule has 0 aliphatic carbocycles. The molecule has 1 saturated heterocycles. The highest BCUT2D eigenvalue weighted by Crippen LogP contribution is 2.17. The van der Waals surface area contributed by atoms with Crippen molar-refractivity contribution in [3.8, 4) is 11.4 Å². The summed E-state index contributed by atoms with van der Waals surface area (Å²) in [4.78, 5) is 27.0. The third-order valence-corrected chi connectivity index (χ3v) is 5.52. The monoisotopic (exact) mass is 451 g/mol. The van der Waals surface area contributed by atoms with Crippen LogP contribution in [0.5, 0.6) is 5.75 Å². The summed E-state index contributed by atoms with van der Waals surface area (Å²) in [6, 6.07) is 13.7. The van der Waals surface area contributed by atoms with Crippen LogP contribution in [0.3, 0.4) is 0 Å². The first-order valence-electron chi connectivity index (χ1n) is 10.8. The molecule has 0 spiro atoms. The molecule has 1 aromatic heterocycles. The summed E-state index contributed by atoms with van der Waals surface area (Å²) >= 11 is 0. The average molecular weight is 451 g/mol. The number of hydrogen-bond acceptors (Lipinski definition) is 8. The minimum Gasteiger partial charge on any atom is -0.494 e. The van der Waals surface area contributed by atoms with Crippen molar-refractivity contribution < 1.29 is 14.5 Å². The number of hydrogen-bond donors (Lipinski definition) is 0. The number of non-ortho nitro benzene ring substituents is 1. The Morgan fingerprint density at radius 1 is 1.06 bits per heavy atom. The number of tetrazole rings is 1. The van der Waals surface area contributed by atoms with Crippen LogP contribution >= 0.6 is 0 Å². The van der Waals surface area contributed by atoms with E-state index in [0.29, 0.717) is 39.3 Å². The van der Waals surface area contributed by atoms with Gasteiger partial charge in [0.1, 0.15) is 5.75 Å². The van der Waals surface area contributed by atoms with E-state index in [1.54, 1.807) is 16.8 Å². The summed E-state index contributed by atoms with van der Waals surface area (Å²) in [6.45, 7) is 5.76. The predicted molar refractivity (Wildman–Crippen MR) is 119 cm³/mol. The van der Waals surface area contributed by atoms with Crippen molar-refractivity contribution in [3.63, 3.8) is 0 Å². The summed E-state index contributed by atoms with van der Waals surface area (Å²) in [5.74, 6) is 1.54. The van der Waals surface area contributed by atoms with Gasteiger partial charge in [0.15, 0.2) is 5.82 Å². The van der Waals surface area contributed by atoms with Crippen LogP contribution < -0.4 is 4.74 Å². The lowest BCUT2D eigenvalue weighted by atomic mass is 10.1. The van der Waals surface area contributed by atoms with Crippen LogP contribution in [0.15, 0.2) is 48.5 Å². The molecule has 1 amide bonds. The number of benzene rings is 2. The maximum absolute atomic E-state index is 12.6. The molecule has 4 rings (SSSR count). The van der Waals surface area contributed by atoms with Gasteiger partial charge in [0.05, 0.1) is 30.2 Å². The lowest BCUT2D eigenvalue weighted by molar-refractivity contribution is -0.384. The zero-order chi connectivity index (χ0) is 23.2. The van der Waals surface area contributed by atoms with Gasteiger partial charge in [-0.25, -0.2) is 0 Å². The lowest BCUT2D eigenvalue weighted by Crippen LogP contribution is -2.48. The molecule has 172 valence electrons. The zero-order valence-electron chi connectivity index (χ0n) is 18.3. The quantitative estimate of drug-likeness (QED) is 0.376. The van der Waals surface area contributed by atoms with Crippen molar-refractivity contribution in [2.45, 2.75) is 19.9 Å². The van der Waals surface area contributed by atoms with Crippen LogP contribution in [0, 0.1) is 10.1 Å². The Balaban J connectivity index is 1.30. The number of piperazine rings is 1. The Morgan fingerprint density at radius 3 is 2.39 bits per heavy atom. The fraction of sp³-hybridized carbons (Fsp3) is 0.364. The standard InChI is InChI=1S/C22H25N7O4/c1-2-33-20-9-7-18(8-10-20)28-21(23-24-25-28)16-26-11-13-27(14-12-26)22(30)15-17-3-5-19(6-4-17)29(31)32/h3-10H,2,11-16H2,1H3. The van der Waals surface area contributed by atoms with Gasteiger partial charge in [-0.15, -0.1) is 5.10 Å². The van der Waals surface area contributed by atoms with Gasteiger partial charge in [-0.1, -0.05) is 12.1 Å². The van der Waals surface area contributed by atoms with Crippen molar-refractivity contribution in [2.75, 3.05) is 32.8 Å². The number of carbonyl (C=O) groups is 1. The van der Waals surface area contributed by atoms with Gasteiger partial charge in [0, 0.05) is 38.3 Å². The highest BCUT2D eigenvalue weighted by molar-refractivity contribution is 5.79. The summed E-state index contributed by atoms with van der Waals surface area (Å²) in [6.07, 6.45) is 0.230. The molecule has 0 bridgehead atoms. The number of nitro benzene ring substituents is 1. The van der Waals surface area contributed by atoms with Crippen molar-refractivity contribution in [2.24, 2.45) is 0 Å². The summed E-state index contributed by atoms with van der Waals surface area (Å²) in [7, 11) is 0. The molecule has 0 radical (unpaired) electrons. The largest absolute Gasteiger partial charge is 0.494 e. The van der Waals surface area contributed by atoms with Crippen LogP contribution in [-0.4, -0.2) is 73.6 Å². The third-order valence-electron chi connectivity index (χ3n) is 5.52. The van der Waals surface area contributed by atoms with E-state index >= 15 is 0 Å². The predicted octanol–water partition coefficient (Wildman–Crippen LogP) is 1.86. The molecule has 1 aliphatic heterocycles. The van der Waals surface area contributed by atoms with E-state index in [0.717, 1.165) is 22.8 Å². The Labute approximate surface area is 190 Å². The maximum atomic E-state index is 12.6. The van der Waals surface area contributed by atoms with E-state index in [4.69, 9.17) is 4.74 Å². The normalized spacial score (nSPS) is 14.3. The molecule has 1 aliphatic rings. The van der Waals surface area contributed by atoms with E-state index in [1.165, 1.54) is 12.1 Å². The van der Waals surface area contributed by atoms with Gasteiger partial charge in [-0.2, -0.15) is 4.68 Å². The van der Waals surface area contributed by atoms with Gasteiger partial charge >= 0.3 is 0 Å². The van der Waals surface area contributed by atoms with Crippen molar-refractivity contribution >= 4 is 11.6 Å². The van der Waals surface area contributed by atoms with Gasteiger partial charge in [0.25, 0.3) is 5.69 Å². The molecule has 11 nitrogen and oxygen atoms in total. The fourth-order valence-electron chi connectivity index (χ4n) is 3.73. The van der Waals surface area contributed by atoms with Crippen molar-refractivity contribution in [1.82, 2.24) is 30.0 Å². The second-order valence-corrected chi connectivity index (χ2v) is 7.69. The van der Waals surface area contributed by atoms with Gasteiger partial charge < -0.3 is 9.64 Å². The van der Waals surface area contributed by atoms with Crippen molar-refractivity contribution in [3.05, 3.63) is 70.0 Å². The third kappa shape index (κ3) is 5.50. The number of rotatable bonds is 8. The number of carbonyl (C=O) groups excluding carboxylic acids is 1. The van der Waals surface area contributed by atoms with E-state index in [2.05, 4.69) is 20.4 Å². The molecule has 11 heteroatoms. The molecule has 0 unspecified atom stereocenters. The number of ether oxygens (including phenoxy) is 1. The first-order chi connectivity index (χ1) is 16.0. The van der Waals surface area contributed by atoms with Crippen LogP contribution in [0.25, 0.3) is 5.69 Å². The number of aromatic nitrogens is 4. The van der Waals surface area contributed by atoms with E-state index in [-0.39, 0.29) is 18.0 Å². The Bertz CT molecular complexity index is 1090. The number of amides is 1. The minimum absolute atomic E-state index is 0.0164. The summed E-state index contributed by atoms with van der Waals surface area (Å²) in [5.41, 5.74) is 1.64. The van der Waals surface area contributed by atoms with Gasteiger partial charge in [-0.3, -0.25) is 19.8 Å². The Morgan fingerprint density at radius 2 is 1.76 bits per heavy atom. The zero-order valence-corrected chi connectivity index (χ0v) is 18.3. The number of nitrogens with zero attached hydrogens (tertiary/aromatic N) is 7. The molecular weight excluding hydrogens is 426 g/mol. The van der Waals surface area contributed by atoms with Crippen LogP contribution in [-0.2, 0) is 17.8 Å². The van der Waals surface area contributed by atoms with E-state index < -0.39 is 4.92 Å². The Hall–Kier alpha value is -3.86. The molecule has 2 heterocycles. The minimum atomic E-state index is -0.447. The number of nitro groups is 1. The second-order valence-electron chi connectivity index (χ2n) is 7.69. The Kier molecular flexibility index (Phi) is 6.89. The topological polar surface area (TPSA) is 120 Å². The first kappa shape index (κ1) is 22.3. The lowest BCUT2D eigenvalue weighted by Gasteiger charge is -2.34. The highest BCUT2D eigenvalue weighted by Gasteiger charge is 2.23. The average Bonchev–Trinajstić information content (AvgIpc) is 3.28. The van der Waals surface area contributed by atoms with Crippen LogP contribution in [0.1, 0.15) is 18.3 Å². The molecule has 1 fully saturated rings. The van der Waals surface area contributed by atoms with Crippen molar-refractivity contribution in [1.29, 1.82) is 0 Å². The molecule has 2 aromatic carbocycles. The van der Waals surface area contributed by atoms with E-state index in [1.807, 2.05) is 36.1 Å². The van der Waals surface area contributed by atoms with E-state index in [9.17, 15) is 14.9 Å².